The molecule has 3 nitrogen and oxygen atoms in total. The van der Waals surface area contributed by atoms with Crippen LogP contribution >= 0.6 is 0 Å². The van der Waals surface area contributed by atoms with Gasteiger partial charge in [0.05, 0.1) is 0 Å². The first-order chi connectivity index (χ1) is 8.29. The molecule has 4 heteroatoms. The maximum absolute atomic E-state index is 13.2. The lowest BCUT2D eigenvalue weighted by molar-refractivity contribution is 0.0605. The van der Waals surface area contributed by atoms with Crippen LogP contribution in [0.25, 0.3) is 0 Å². The number of benzene rings is 1. The van der Waals surface area contributed by atoms with E-state index in [9.17, 15) is 4.39 Å². The van der Waals surface area contributed by atoms with Gasteiger partial charge in [-0.05, 0) is 42.9 Å². The van der Waals surface area contributed by atoms with Crippen molar-refractivity contribution in [1.29, 1.82) is 0 Å². The Kier molecular flexibility index (Phi) is 4.48. The summed E-state index contributed by atoms with van der Waals surface area (Å²) in [6, 6.07) is 6.65. The molecular weight excluding hydrogens is 219 g/mol. The van der Waals surface area contributed by atoms with Gasteiger partial charge in [0.2, 0.25) is 0 Å². The molecular formula is C13H19FN2O. The van der Waals surface area contributed by atoms with Gasteiger partial charge in [-0.25, -0.2) is 4.39 Å². The summed E-state index contributed by atoms with van der Waals surface area (Å²) in [6.07, 6.45) is 3.06. The molecule has 1 unspecified atom stereocenters. The average Bonchev–Trinajstić information content (AvgIpc) is 2.37. The lowest BCUT2D eigenvalue weighted by Gasteiger charge is -2.26. The minimum absolute atomic E-state index is 0.0220. The van der Waals surface area contributed by atoms with Crippen molar-refractivity contribution in [3.63, 3.8) is 0 Å². The van der Waals surface area contributed by atoms with E-state index in [0.717, 1.165) is 38.0 Å². The second-order valence-electron chi connectivity index (χ2n) is 4.57. The average molecular weight is 238 g/mol. The molecule has 1 atom stereocenters. The Morgan fingerprint density at radius 3 is 2.82 bits per heavy atom. The van der Waals surface area contributed by atoms with Crippen molar-refractivity contribution in [3.8, 4) is 0 Å². The summed E-state index contributed by atoms with van der Waals surface area (Å²) >= 11 is 0. The number of ether oxygens (including phenoxy) is 1. The van der Waals surface area contributed by atoms with E-state index in [0.29, 0.717) is 5.92 Å². The summed E-state index contributed by atoms with van der Waals surface area (Å²) in [4.78, 5) is 0. The van der Waals surface area contributed by atoms with Crippen molar-refractivity contribution < 1.29 is 9.13 Å². The van der Waals surface area contributed by atoms with Crippen molar-refractivity contribution in [3.05, 3.63) is 35.6 Å². The molecule has 0 spiro atoms. The second kappa shape index (κ2) is 6.10. The van der Waals surface area contributed by atoms with Crippen LogP contribution in [0.4, 0.5) is 4.39 Å². The fourth-order valence-corrected chi connectivity index (χ4v) is 2.34. The lowest BCUT2D eigenvalue weighted by Crippen LogP contribution is -2.31. The Morgan fingerprint density at radius 1 is 1.41 bits per heavy atom. The number of hydrogen-bond acceptors (Lipinski definition) is 3. The Bertz CT molecular complexity index is 353. The van der Waals surface area contributed by atoms with E-state index in [-0.39, 0.29) is 11.9 Å². The van der Waals surface area contributed by atoms with Crippen LogP contribution in [-0.4, -0.2) is 13.2 Å². The van der Waals surface area contributed by atoms with Gasteiger partial charge < -0.3 is 4.74 Å². The predicted octanol–water partition coefficient (Wildman–Crippen LogP) is 2.15. The van der Waals surface area contributed by atoms with Gasteiger partial charge in [0.15, 0.2) is 0 Å². The molecule has 0 aromatic heterocycles. The number of hydrazine groups is 1. The Balaban J connectivity index is 2.00. The van der Waals surface area contributed by atoms with Crippen LogP contribution in [0.5, 0.6) is 0 Å². The van der Waals surface area contributed by atoms with Gasteiger partial charge in [0.1, 0.15) is 5.82 Å². The van der Waals surface area contributed by atoms with Crippen molar-refractivity contribution in [2.45, 2.75) is 25.3 Å². The van der Waals surface area contributed by atoms with Crippen molar-refractivity contribution in [2.75, 3.05) is 13.2 Å². The van der Waals surface area contributed by atoms with E-state index in [1.54, 1.807) is 12.1 Å². The van der Waals surface area contributed by atoms with Gasteiger partial charge in [0.25, 0.3) is 0 Å². The van der Waals surface area contributed by atoms with Gasteiger partial charge in [-0.2, -0.15) is 0 Å². The standard InChI is InChI=1S/C13H19FN2O/c14-12-3-1-2-11(9-12)13(16-15)8-10-4-6-17-7-5-10/h1-3,9-10,13,16H,4-8,15H2. The SMILES string of the molecule is NNC(CC1CCOCC1)c1cccc(F)c1. The summed E-state index contributed by atoms with van der Waals surface area (Å²) in [5.74, 6) is 5.96. The normalized spacial score (nSPS) is 19.2. The third-order valence-corrected chi connectivity index (χ3v) is 3.36. The maximum atomic E-state index is 13.2. The van der Waals surface area contributed by atoms with Gasteiger partial charge in [-0.1, -0.05) is 12.1 Å². The third kappa shape index (κ3) is 3.49. The molecule has 1 aromatic rings. The largest absolute Gasteiger partial charge is 0.381 e. The molecule has 1 aliphatic rings. The predicted molar refractivity (Wildman–Crippen MR) is 64.6 cm³/mol. The molecule has 1 heterocycles. The van der Waals surface area contributed by atoms with Gasteiger partial charge in [0, 0.05) is 19.3 Å². The Hall–Kier alpha value is -0.970. The number of halogens is 1. The molecule has 1 aliphatic heterocycles. The van der Waals surface area contributed by atoms with E-state index in [1.165, 1.54) is 6.07 Å². The first-order valence-corrected chi connectivity index (χ1v) is 6.09. The summed E-state index contributed by atoms with van der Waals surface area (Å²) in [7, 11) is 0. The van der Waals surface area contributed by atoms with Gasteiger partial charge in [-0.15, -0.1) is 0 Å². The minimum atomic E-state index is -0.213. The lowest BCUT2D eigenvalue weighted by atomic mass is 9.90. The summed E-state index contributed by atoms with van der Waals surface area (Å²) < 4.78 is 18.5. The molecule has 94 valence electrons. The Morgan fingerprint density at radius 2 is 2.18 bits per heavy atom. The van der Waals surface area contributed by atoms with Crippen LogP contribution in [0.2, 0.25) is 0 Å². The third-order valence-electron chi connectivity index (χ3n) is 3.36. The highest BCUT2D eigenvalue weighted by atomic mass is 19.1. The smallest absolute Gasteiger partial charge is 0.123 e. The molecule has 1 fully saturated rings. The molecule has 0 saturated carbocycles. The molecule has 0 aliphatic carbocycles. The summed E-state index contributed by atoms with van der Waals surface area (Å²) in [5, 5.41) is 0. The van der Waals surface area contributed by atoms with Crippen LogP contribution in [0.15, 0.2) is 24.3 Å². The number of hydrogen-bond donors (Lipinski definition) is 2. The highest BCUT2D eigenvalue weighted by Crippen LogP contribution is 2.27. The second-order valence-corrected chi connectivity index (χ2v) is 4.57. The van der Waals surface area contributed by atoms with Crippen LogP contribution < -0.4 is 11.3 Å². The van der Waals surface area contributed by atoms with Crippen molar-refractivity contribution in [1.82, 2.24) is 5.43 Å². The zero-order valence-corrected chi connectivity index (χ0v) is 9.86. The van der Waals surface area contributed by atoms with Crippen LogP contribution in [0.3, 0.4) is 0 Å². The van der Waals surface area contributed by atoms with Gasteiger partial charge in [-0.3, -0.25) is 11.3 Å². The van der Waals surface area contributed by atoms with E-state index in [1.807, 2.05) is 6.07 Å². The highest BCUT2D eigenvalue weighted by Gasteiger charge is 2.19. The monoisotopic (exact) mass is 238 g/mol. The topological polar surface area (TPSA) is 47.3 Å². The highest BCUT2D eigenvalue weighted by molar-refractivity contribution is 5.20. The first-order valence-electron chi connectivity index (χ1n) is 6.09. The molecule has 0 bridgehead atoms. The molecule has 17 heavy (non-hydrogen) atoms. The number of nitrogens with two attached hydrogens (primary N) is 1. The number of nitrogens with one attached hydrogen (secondary N) is 1. The van der Waals surface area contributed by atoms with Gasteiger partial charge >= 0.3 is 0 Å². The minimum Gasteiger partial charge on any atom is -0.381 e. The summed E-state index contributed by atoms with van der Waals surface area (Å²) in [6.45, 7) is 1.65. The zero-order valence-electron chi connectivity index (χ0n) is 9.86. The van der Waals surface area contributed by atoms with E-state index < -0.39 is 0 Å². The van der Waals surface area contributed by atoms with Crippen LogP contribution in [0, 0.1) is 11.7 Å². The molecule has 1 saturated heterocycles. The van der Waals surface area contributed by atoms with Crippen LogP contribution in [-0.2, 0) is 4.74 Å². The fourth-order valence-electron chi connectivity index (χ4n) is 2.34. The number of rotatable bonds is 4. The molecule has 0 amide bonds. The fraction of sp³-hybridized carbons (Fsp3) is 0.538. The van der Waals surface area contributed by atoms with E-state index in [4.69, 9.17) is 10.6 Å². The maximum Gasteiger partial charge on any atom is 0.123 e. The van der Waals surface area contributed by atoms with E-state index in [2.05, 4.69) is 5.43 Å². The quantitative estimate of drug-likeness (QED) is 0.624. The zero-order chi connectivity index (χ0) is 12.1. The summed E-state index contributed by atoms with van der Waals surface area (Å²) in [5.41, 5.74) is 3.70. The first kappa shape index (κ1) is 12.5. The molecule has 2 rings (SSSR count). The van der Waals surface area contributed by atoms with E-state index >= 15 is 0 Å². The van der Waals surface area contributed by atoms with Crippen LogP contribution in [0.1, 0.15) is 30.9 Å². The van der Waals surface area contributed by atoms with Crippen molar-refractivity contribution >= 4 is 0 Å². The Labute approximate surface area is 101 Å². The molecule has 0 radical (unpaired) electrons. The molecule has 1 aromatic carbocycles. The van der Waals surface area contributed by atoms with Crippen molar-refractivity contribution in [2.24, 2.45) is 11.8 Å². The molecule has 3 N–H and O–H groups in total.